The second-order valence-electron chi connectivity index (χ2n) is 6.34. The first kappa shape index (κ1) is 19.8. The molecule has 0 aliphatic rings. The van der Waals surface area contributed by atoms with Crippen LogP contribution in [0.4, 0.5) is 0 Å². The van der Waals surface area contributed by atoms with E-state index in [0.29, 0.717) is 19.7 Å². The van der Waals surface area contributed by atoms with Crippen LogP contribution in [0.3, 0.4) is 0 Å². The predicted octanol–water partition coefficient (Wildman–Crippen LogP) is 2.88. The molecule has 0 unspecified atom stereocenters. The van der Waals surface area contributed by atoms with Gasteiger partial charge in [0.05, 0.1) is 13.1 Å². The molecule has 5 nitrogen and oxygen atoms in total. The Labute approximate surface area is 157 Å². The zero-order chi connectivity index (χ0) is 18.6. The molecule has 0 saturated carbocycles. The molecule has 2 aromatic carbocycles. The van der Waals surface area contributed by atoms with Gasteiger partial charge in [-0.05, 0) is 44.3 Å². The van der Waals surface area contributed by atoms with Gasteiger partial charge in [-0.2, -0.15) is 0 Å². The van der Waals surface area contributed by atoms with Crippen LogP contribution < -0.4 is 15.4 Å². The number of para-hydroxylation sites is 1. The summed E-state index contributed by atoms with van der Waals surface area (Å²) in [5.74, 6) is 1.69. The first-order valence-corrected chi connectivity index (χ1v) is 9.10. The van der Waals surface area contributed by atoms with Crippen molar-refractivity contribution in [2.45, 2.75) is 20.0 Å². The van der Waals surface area contributed by atoms with Crippen molar-refractivity contribution < 1.29 is 4.74 Å². The average Bonchev–Trinajstić information content (AvgIpc) is 2.64. The van der Waals surface area contributed by atoms with E-state index in [9.17, 15) is 0 Å². The topological polar surface area (TPSA) is 48.9 Å². The van der Waals surface area contributed by atoms with Crippen molar-refractivity contribution in [2.24, 2.45) is 4.99 Å². The summed E-state index contributed by atoms with van der Waals surface area (Å²) in [7, 11) is 4.16. The zero-order valence-electron chi connectivity index (χ0n) is 16.0. The first-order valence-electron chi connectivity index (χ1n) is 9.10. The molecule has 140 valence electrons. The largest absolute Gasteiger partial charge is 0.492 e. The van der Waals surface area contributed by atoms with Crippen molar-refractivity contribution in [1.82, 2.24) is 15.5 Å². The van der Waals surface area contributed by atoms with Crippen molar-refractivity contribution in [3.8, 4) is 5.75 Å². The highest BCUT2D eigenvalue weighted by Crippen LogP contribution is 2.09. The molecule has 0 aliphatic carbocycles. The lowest BCUT2D eigenvalue weighted by Gasteiger charge is -2.13. The monoisotopic (exact) mass is 354 g/mol. The Kier molecular flexibility index (Phi) is 8.49. The summed E-state index contributed by atoms with van der Waals surface area (Å²) in [4.78, 5) is 6.84. The SMILES string of the molecule is CCNC(=NCc1cccc(CN(C)C)c1)NCCOc1ccccc1. The van der Waals surface area contributed by atoms with Crippen LogP contribution in [0.2, 0.25) is 0 Å². The molecular weight excluding hydrogens is 324 g/mol. The van der Waals surface area contributed by atoms with Crippen LogP contribution in [0.1, 0.15) is 18.1 Å². The van der Waals surface area contributed by atoms with Gasteiger partial charge in [-0.15, -0.1) is 0 Å². The Bertz CT molecular complexity index is 671. The Balaban J connectivity index is 1.83. The quantitative estimate of drug-likeness (QED) is 0.413. The van der Waals surface area contributed by atoms with E-state index in [2.05, 4.69) is 65.8 Å². The molecule has 0 amide bonds. The van der Waals surface area contributed by atoms with E-state index in [1.807, 2.05) is 30.3 Å². The van der Waals surface area contributed by atoms with Crippen molar-refractivity contribution in [3.05, 3.63) is 65.7 Å². The number of guanidine groups is 1. The van der Waals surface area contributed by atoms with E-state index >= 15 is 0 Å². The maximum Gasteiger partial charge on any atom is 0.191 e. The van der Waals surface area contributed by atoms with Crippen LogP contribution >= 0.6 is 0 Å². The molecule has 2 aromatic rings. The fraction of sp³-hybridized carbons (Fsp3) is 0.381. The number of hydrogen-bond acceptors (Lipinski definition) is 3. The third-order valence-electron chi connectivity index (χ3n) is 3.66. The van der Waals surface area contributed by atoms with E-state index in [1.54, 1.807) is 0 Å². The molecule has 0 aliphatic heterocycles. The van der Waals surface area contributed by atoms with Gasteiger partial charge in [-0.1, -0.05) is 42.5 Å². The number of rotatable bonds is 9. The Morgan fingerprint density at radius 1 is 1.00 bits per heavy atom. The smallest absolute Gasteiger partial charge is 0.191 e. The molecule has 5 heteroatoms. The summed E-state index contributed by atoms with van der Waals surface area (Å²) in [6.07, 6.45) is 0. The van der Waals surface area contributed by atoms with Gasteiger partial charge < -0.3 is 20.3 Å². The standard InChI is InChI=1S/C21H30N4O/c1-4-22-21(23-13-14-26-20-11-6-5-7-12-20)24-16-18-9-8-10-19(15-18)17-25(2)3/h5-12,15H,4,13-14,16-17H2,1-3H3,(H2,22,23,24). The number of nitrogens with one attached hydrogen (secondary N) is 2. The van der Waals surface area contributed by atoms with Gasteiger partial charge in [0.2, 0.25) is 0 Å². The molecule has 0 bridgehead atoms. The lowest BCUT2D eigenvalue weighted by molar-refractivity contribution is 0.322. The normalized spacial score (nSPS) is 11.5. The van der Waals surface area contributed by atoms with Crippen molar-refractivity contribution in [1.29, 1.82) is 0 Å². The van der Waals surface area contributed by atoms with Gasteiger partial charge in [0.1, 0.15) is 12.4 Å². The summed E-state index contributed by atoms with van der Waals surface area (Å²) < 4.78 is 5.70. The summed E-state index contributed by atoms with van der Waals surface area (Å²) in [5.41, 5.74) is 2.51. The number of ether oxygens (including phenoxy) is 1. The van der Waals surface area contributed by atoms with Gasteiger partial charge in [0, 0.05) is 13.1 Å². The molecule has 0 aromatic heterocycles. The maximum atomic E-state index is 5.70. The highest BCUT2D eigenvalue weighted by Gasteiger charge is 2.00. The third-order valence-corrected chi connectivity index (χ3v) is 3.66. The molecule has 2 rings (SSSR count). The van der Waals surface area contributed by atoms with E-state index in [4.69, 9.17) is 4.74 Å². The summed E-state index contributed by atoms with van der Waals surface area (Å²) >= 11 is 0. The minimum Gasteiger partial charge on any atom is -0.492 e. The molecule has 0 atom stereocenters. The van der Waals surface area contributed by atoms with Crippen LogP contribution in [0.5, 0.6) is 5.75 Å². The minimum absolute atomic E-state index is 0.590. The Morgan fingerprint density at radius 3 is 2.50 bits per heavy atom. The molecular formula is C21H30N4O. The van der Waals surface area contributed by atoms with Gasteiger partial charge in [-0.25, -0.2) is 4.99 Å². The van der Waals surface area contributed by atoms with Gasteiger partial charge in [0.15, 0.2) is 5.96 Å². The summed E-state index contributed by atoms with van der Waals surface area (Å²) in [6, 6.07) is 18.4. The minimum atomic E-state index is 0.590. The number of hydrogen-bond donors (Lipinski definition) is 2. The Hall–Kier alpha value is -2.53. The van der Waals surface area contributed by atoms with Gasteiger partial charge in [-0.3, -0.25) is 0 Å². The lowest BCUT2D eigenvalue weighted by atomic mass is 10.1. The van der Waals surface area contributed by atoms with Crippen LogP contribution in [-0.2, 0) is 13.1 Å². The molecule has 0 heterocycles. The van der Waals surface area contributed by atoms with Crippen molar-refractivity contribution in [3.63, 3.8) is 0 Å². The molecule has 0 fully saturated rings. The third kappa shape index (κ3) is 7.57. The van der Waals surface area contributed by atoms with E-state index in [0.717, 1.165) is 24.8 Å². The van der Waals surface area contributed by atoms with Crippen LogP contribution in [0, 0.1) is 0 Å². The highest BCUT2D eigenvalue weighted by molar-refractivity contribution is 5.79. The predicted molar refractivity (Wildman–Crippen MR) is 109 cm³/mol. The Morgan fingerprint density at radius 2 is 1.77 bits per heavy atom. The summed E-state index contributed by atoms with van der Waals surface area (Å²) in [6.45, 7) is 5.76. The number of benzene rings is 2. The van der Waals surface area contributed by atoms with Crippen LogP contribution in [0.15, 0.2) is 59.6 Å². The van der Waals surface area contributed by atoms with Gasteiger partial charge >= 0.3 is 0 Å². The maximum absolute atomic E-state index is 5.70. The highest BCUT2D eigenvalue weighted by atomic mass is 16.5. The average molecular weight is 354 g/mol. The van der Waals surface area contributed by atoms with Crippen molar-refractivity contribution >= 4 is 5.96 Å². The first-order chi connectivity index (χ1) is 12.7. The lowest BCUT2D eigenvalue weighted by Crippen LogP contribution is -2.39. The molecule has 0 spiro atoms. The fourth-order valence-electron chi connectivity index (χ4n) is 2.56. The van der Waals surface area contributed by atoms with E-state index in [1.165, 1.54) is 11.1 Å². The molecule has 0 saturated heterocycles. The number of nitrogens with zero attached hydrogens (tertiary/aromatic N) is 2. The van der Waals surface area contributed by atoms with Crippen LogP contribution in [-0.4, -0.2) is 44.7 Å². The number of aliphatic imine (C=N–C) groups is 1. The van der Waals surface area contributed by atoms with E-state index < -0.39 is 0 Å². The zero-order valence-corrected chi connectivity index (χ0v) is 16.0. The van der Waals surface area contributed by atoms with Gasteiger partial charge in [0.25, 0.3) is 0 Å². The molecule has 0 radical (unpaired) electrons. The van der Waals surface area contributed by atoms with Crippen LogP contribution in [0.25, 0.3) is 0 Å². The fourth-order valence-corrected chi connectivity index (χ4v) is 2.56. The molecule has 26 heavy (non-hydrogen) atoms. The second-order valence-corrected chi connectivity index (χ2v) is 6.34. The molecule has 2 N–H and O–H groups in total. The van der Waals surface area contributed by atoms with Crippen molar-refractivity contribution in [2.75, 3.05) is 33.8 Å². The van der Waals surface area contributed by atoms with E-state index in [-0.39, 0.29) is 0 Å². The second kappa shape index (κ2) is 11.2. The summed E-state index contributed by atoms with van der Waals surface area (Å²) in [5, 5.41) is 6.59.